The van der Waals surface area contributed by atoms with E-state index < -0.39 is 21.7 Å². The van der Waals surface area contributed by atoms with E-state index in [2.05, 4.69) is 10.00 Å². The van der Waals surface area contributed by atoms with Gasteiger partial charge in [-0.2, -0.15) is 18.3 Å². The minimum absolute atomic E-state index is 0.167. The van der Waals surface area contributed by atoms with Crippen LogP contribution in [0.25, 0.3) is 27.4 Å². The monoisotopic (exact) mass is 577 g/mol. The number of alkyl halides is 3. The van der Waals surface area contributed by atoms with E-state index in [1.54, 1.807) is 53.9 Å². The van der Waals surface area contributed by atoms with Crippen LogP contribution in [-0.4, -0.2) is 68.8 Å². The van der Waals surface area contributed by atoms with Gasteiger partial charge in [-0.15, -0.1) is 11.3 Å². The fourth-order valence-corrected chi connectivity index (χ4v) is 5.86. The van der Waals surface area contributed by atoms with Crippen LogP contribution in [0.15, 0.2) is 70.9 Å². The fourth-order valence-electron chi connectivity index (χ4n) is 4.27. The van der Waals surface area contributed by atoms with E-state index >= 15 is 0 Å². The number of thiophene rings is 1. The van der Waals surface area contributed by atoms with Crippen molar-refractivity contribution in [1.29, 1.82) is 0 Å². The molecule has 1 aliphatic heterocycles. The first kappa shape index (κ1) is 27.4. The van der Waals surface area contributed by atoms with Gasteiger partial charge < -0.3 is 9.47 Å². The van der Waals surface area contributed by atoms with Crippen molar-refractivity contribution in [2.75, 3.05) is 45.7 Å². The van der Waals surface area contributed by atoms with Crippen molar-refractivity contribution in [3.63, 3.8) is 0 Å². The highest BCUT2D eigenvalue weighted by molar-refractivity contribution is 7.90. The van der Waals surface area contributed by atoms with Gasteiger partial charge in [-0.1, -0.05) is 24.3 Å². The number of aromatic nitrogens is 2. The molecule has 7 nitrogen and oxygen atoms in total. The van der Waals surface area contributed by atoms with Crippen molar-refractivity contribution in [3.05, 3.63) is 71.7 Å². The largest absolute Gasteiger partial charge is 0.490 e. The Morgan fingerprint density at radius 1 is 1.03 bits per heavy atom. The minimum atomic E-state index is -4.64. The molecule has 3 heterocycles. The molecule has 5 rings (SSSR count). The third-order valence-corrected chi connectivity index (χ3v) is 8.37. The Morgan fingerprint density at radius 2 is 1.79 bits per heavy atom. The van der Waals surface area contributed by atoms with Crippen LogP contribution in [-0.2, 0) is 20.8 Å². The molecule has 0 spiro atoms. The molecule has 4 aromatic rings. The highest BCUT2D eigenvalue weighted by Gasteiger charge is 2.36. The van der Waals surface area contributed by atoms with Gasteiger partial charge in [-0.3, -0.25) is 4.90 Å². The molecule has 1 saturated heterocycles. The standard InChI is InChI=1S/C27H26F3N3O4S2/c1-39(34,35)21-6-4-5-19(15-21)20-16-25(38-18-20)23-17-26(27(28,29)30)31-33(23)22-7-2-3-8-24(22)37-14-11-32-9-12-36-13-10-32/h2-8,15-18H,9-14H2,1H3. The Morgan fingerprint density at radius 3 is 2.54 bits per heavy atom. The predicted molar refractivity (Wildman–Crippen MR) is 143 cm³/mol. The molecule has 0 unspecified atom stereocenters. The average Bonchev–Trinajstić information content (AvgIpc) is 3.57. The average molecular weight is 578 g/mol. The lowest BCUT2D eigenvalue weighted by atomic mass is 10.1. The van der Waals surface area contributed by atoms with Crippen LogP contribution in [0.4, 0.5) is 13.2 Å². The van der Waals surface area contributed by atoms with Gasteiger partial charge in [-0.25, -0.2) is 13.1 Å². The number of hydrogen-bond acceptors (Lipinski definition) is 7. The molecule has 0 bridgehead atoms. The summed E-state index contributed by atoms with van der Waals surface area (Å²) in [6.45, 7) is 3.95. The van der Waals surface area contributed by atoms with Crippen molar-refractivity contribution in [2.45, 2.75) is 11.1 Å². The number of sulfone groups is 1. The van der Waals surface area contributed by atoms with Crippen LogP contribution in [0.3, 0.4) is 0 Å². The van der Waals surface area contributed by atoms with Crippen LogP contribution >= 0.6 is 11.3 Å². The van der Waals surface area contributed by atoms with Crippen molar-refractivity contribution < 1.29 is 31.1 Å². The number of morpholine rings is 1. The molecule has 0 amide bonds. The number of ether oxygens (including phenoxy) is 2. The number of halogens is 3. The summed E-state index contributed by atoms with van der Waals surface area (Å²) >= 11 is 1.25. The summed E-state index contributed by atoms with van der Waals surface area (Å²) in [6, 6.07) is 16.1. The van der Waals surface area contributed by atoms with Gasteiger partial charge in [0.15, 0.2) is 15.5 Å². The lowest BCUT2D eigenvalue weighted by molar-refractivity contribution is -0.141. The van der Waals surface area contributed by atoms with Gasteiger partial charge >= 0.3 is 6.18 Å². The Hall–Kier alpha value is -3.19. The third-order valence-electron chi connectivity index (χ3n) is 6.31. The van der Waals surface area contributed by atoms with E-state index in [9.17, 15) is 21.6 Å². The van der Waals surface area contributed by atoms with Crippen LogP contribution in [0.2, 0.25) is 0 Å². The SMILES string of the molecule is CS(=O)(=O)c1cccc(-c2csc(-c3cc(C(F)(F)F)nn3-c3ccccc3OCCN3CCOCC3)c2)c1. The van der Waals surface area contributed by atoms with Gasteiger partial charge in [0.2, 0.25) is 0 Å². The molecule has 1 aliphatic rings. The predicted octanol–water partition coefficient (Wildman–Crippen LogP) is 5.40. The van der Waals surface area contributed by atoms with Crippen molar-refractivity contribution in [2.24, 2.45) is 0 Å². The van der Waals surface area contributed by atoms with Crippen LogP contribution in [0.5, 0.6) is 5.75 Å². The maximum Gasteiger partial charge on any atom is 0.435 e. The zero-order chi connectivity index (χ0) is 27.6. The van der Waals surface area contributed by atoms with Crippen molar-refractivity contribution in [1.82, 2.24) is 14.7 Å². The summed E-state index contributed by atoms with van der Waals surface area (Å²) < 4.78 is 78.0. The van der Waals surface area contributed by atoms with E-state index in [4.69, 9.17) is 9.47 Å². The summed E-state index contributed by atoms with van der Waals surface area (Å²) in [4.78, 5) is 2.92. The first-order chi connectivity index (χ1) is 18.6. The normalized spacial score (nSPS) is 15.0. The zero-order valence-electron chi connectivity index (χ0n) is 21.0. The van der Waals surface area contributed by atoms with Gasteiger partial charge in [0.05, 0.1) is 28.7 Å². The maximum atomic E-state index is 13.8. The molecule has 0 radical (unpaired) electrons. The van der Waals surface area contributed by atoms with Crippen LogP contribution in [0, 0.1) is 0 Å². The summed E-state index contributed by atoms with van der Waals surface area (Å²) in [5.74, 6) is 0.418. The first-order valence-corrected chi connectivity index (χ1v) is 15.0. The lowest BCUT2D eigenvalue weighted by Crippen LogP contribution is -2.38. The van der Waals surface area contributed by atoms with E-state index in [0.29, 0.717) is 53.8 Å². The molecule has 0 saturated carbocycles. The van der Waals surface area contributed by atoms with Gasteiger partial charge in [0, 0.05) is 25.9 Å². The summed E-state index contributed by atoms with van der Waals surface area (Å²) in [5, 5.41) is 5.71. The van der Waals surface area contributed by atoms with Gasteiger partial charge in [0.1, 0.15) is 18.0 Å². The highest BCUT2D eigenvalue weighted by Crippen LogP contribution is 2.39. The van der Waals surface area contributed by atoms with Gasteiger partial charge in [0.25, 0.3) is 0 Å². The van der Waals surface area contributed by atoms with Gasteiger partial charge in [-0.05, 0) is 52.9 Å². The molecular formula is C27H26F3N3O4S2. The van der Waals surface area contributed by atoms with E-state index in [0.717, 1.165) is 25.4 Å². The van der Waals surface area contributed by atoms with E-state index in [1.807, 2.05) is 0 Å². The molecule has 12 heteroatoms. The molecule has 0 N–H and O–H groups in total. The molecule has 1 fully saturated rings. The lowest BCUT2D eigenvalue weighted by Gasteiger charge is -2.26. The summed E-state index contributed by atoms with van der Waals surface area (Å²) in [6.07, 6.45) is -3.51. The Labute approximate surface area is 228 Å². The topological polar surface area (TPSA) is 73.7 Å². The second-order valence-corrected chi connectivity index (χ2v) is 12.0. The smallest absolute Gasteiger partial charge is 0.435 e. The summed E-state index contributed by atoms with van der Waals surface area (Å²) in [7, 11) is -3.41. The molecular weight excluding hydrogens is 551 g/mol. The second-order valence-electron chi connectivity index (χ2n) is 9.09. The molecule has 2 aromatic carbocycles. The number of benzene rings is 2. The third kappa shape index (κ3) is 6.35. The van der Waals surface area contributed by atoms with Crippen LogP contribution in [0.1, 0.15) is 5.69 Å². The van der Waals surface area contributed by atoms with E-state index in [-0.39, 0.29) is 10.6 Å². The second kappa shape index (κ2) is 11.1. The Bertz CT molecular complexity index is 1560. The number of rotatable bonds is 8. The molecule has 39 heavy (non-hydrogen) atoms. The summed E-state index contributed by atoms with van der Waals surface area (Å²) in [5.41, 5.74) is 0.960. The zero-order valence-corrected chi connectivity index (χ0v) is 22.7. The molecule has 206 valence electrons. The molecule has 0 aliphatic carbocycles. The Balaban J connectivity index is 1.49. The number of nitrogens with zero attached hydrogens (tertiary/aromatic N) is 3. The van der Waals surface area contributed by atoms with E-state index in [1.165, 1.54) is 22.1 Å². The molecule has 0 atom stereocenters. The number of para-hydroxylation sites is 2. The Kier molecular flexibility index (Phi) is 7.81. The fraction of sp³-hybridized carbons (Fsp3) is 0.296. The van der Waals surface area contributed by atoms with Crippen LogP contribution < -0.4 is 4.74 Å². The number of hydrogen-bond donors (Lipinski definition) is 0. The maximum absolute atomic E-state index is 13.8. The first-order valence-electron chi connectivity index (χ1n) is 12.2. The van der Waals surface area contributed by atoms with Crippen molar-refractivity contribution >= 4 is 21.2 Å². The minimum Gasteiger partial charge on any atom is -0.490 e. The quantitative estimate of drug-likeness (QED) is 0.279. The van der Waals surface area contributed by atoms with Crippen molar-refractivity contribution in [3.8, 4) is 33.1 Å². The highest BCUT2D eigenvalue weighted by atomic mass is 32.2. The molecule has 2 aromatic heterocycles.